The highest BCUT2D eigenvalue weighted by Crippen LogP contribution is 2.25. The van der Waals surface area contributed by atoms with E-state index in [2.05, 4.69) is 10.5 Å². The Morgan fingerprint density at radius 2 is 2.00 bits per heavy atom. The van der Waals surface area contributed by atoms with Crippen molar-refractivity contribution in [3.05, 3.63) is 41.7 Å². The number of carbonyl (C=O) groups excluding carboxylic acids is 2. The van der Waals surface area contributed by atoms with Crippen molar-refractivity contribution < 1.29 is 27.3 Å². The van der Waals surface area contributed by atoms with E-state index in [0.717, 1.165) is 0 Å². The number of aromatic nitrogens is 1. The van der Waals surface area contributed by atoms with Gasteiger partial charge in [-0.3, -0.25) is 9.59 Å². The number of esters is 1. The molecule has 1 saturated heterocycles. The standard InChI is InChI=1S/C20H25N3O6S/c1-3-28-20(25)15-7-9-23(10-8-15)30(26,27)17-6-4-5-16(12-17)18(24)13-21-19-11-14(2)29-22-19/h4-6,11-12,15H,3,7-10,13H2,1-2H3,(H,21,22). The zero-order valence-corrected chi connectivity index (χ0v) is 17.8. The van der Waals surface area contributed by atoms with E-state index < -0.39 is 10.0 Å². The Balaban J connectivity index is 1.65. The molecule has 0 saturated carbocycles. The number of carbonyl (C=O) groups is 2. The Morgan fingerprint density at radius 1 is 1.27 bits per heavy atom. The van der Waals surface area contributed by atoms with Crippen molar-refractivity contribution in [1.29, 1.82) is 0 Å². The zero-order valence-electron chi connectivity index (χ0n) is 17.0. The third-order valence-corrected chi connectivity index (χ3v) is 6.82. The molecule has 1 aromatic heterocycles. The highest BCUT2D eigenvalue weighted by atomic mass is 32.2. The highest BCUT2D eigenvalue weighted by Gasteiger charge is 2.33. The number of hydrogen-bond donors (Lipinski definition) is 1. The molecule has 1 aliphatic heterocycles. The number of ether oxygens (including phenoxy) is 1. The van der Waals surface area contributed by atoms with Crippen molar-refractivity contribution in [2.24, 2.45) is 5.92 Å². The maximum atomic E-state index is 13.0. The SMILES string of the molecule is CCOC(=O)C1CCN(S(=O)(=O)c2cccc(C(=O)CNc3cc(C)on3)c2)CC1. The lowest BCUT2D eigenvalue weighted by molar-refractivity contribution is -0.149. The number of Topliss-reactive ketones (excluding diaryl/α,β-unsaturated/α-hetero) is 1. The summed E-state index contributed by atoms with van der Waals surface area (Å²) in [6.45, 7) is 4.22. The average Bonchev–Trinajstić information content (AvgIpc) is 3.17. The average molecular weight is 436 g/mol. The van der Waals surface area contributed by atoms with Crippen LogP contribution in [0.4, 0.5) is 5.82 Å². The molecule has 0 spiro atoms. The van der Waals surface area contributed by atoms with Gasteiger partial charge in [-0.1, -0.05) is 17.3 Å². The van der Waals surface area contributed by atoms with Crippen molar-refractivity contribution in [3.63, 3.8) is 0 Å². The number of rotatable bonds is 8. The second kappa shape index (κ2) is 9.40. The van der Waals surface area contributed by atoms with Crippen LogP contribution in [0, 0.1) is 12.8 Å². The van der Waals surface area contributed by atoms with Crippen LogP contribution in [-0.2, 0) is 19.6 Å². The topological polar surface area (TPSA) is 119 Å². The molecule has 0 radical (unpaired) electrons. The van der Waals surface area contributed by atoms with Crippen molar-refractivity contribution in [1.82, 2.24) is 9.46 Å². The number of piperidine rings is 1. The number of aryl methyl sites for hydroxylation is 1. The van der Waals surface area contributed by atoms with Crippen molar-refractivity contribution in [2.45, 2.75) is 31.6 Å². The quantitative estimate of drug-likeness (QED) is 0.495. The summed E-state index contributed by atoms with van der Waals surface area (Å²) in [5.74, 6) is 0.222. The molecule has 1 aromatic carbocycles. The minimum Gasteiger partial charge on any atom is -0.466 e. The lowest BCUT2D eigenvalue weighted by Gasteiger charge is -2.30. The molecule has 162 valence electrons. The summed E-state index contributed by atoms with van der Waals surface area (Å²) < 4.78 is 37.3. The third kappa shape index (κ3) is 5.06. The van der Waals surface area contributed by atoms with E-state index in [9.17, 15) is 18.0 Å². The first kappa shape index (κ1) is 22.0. The molecule has 0 amide bonds. The first-order chi connectivity index (χ1) is 14.3. The van der Waals surface area contributed by atoms with Gasteiger partial charge in [0.25, 0.3) is 0 Å². The highest BCUT2D eigenvalue weighted by molar-refractivity contribution is 7.89. The van der Waals surface area contributed by atoms with Gasteiger partial charge in [0, 0.05) is 24.7 Å². The van der Waals surface area contributed by atoms with Gasteiger partial charge < -0.3 is 14.6 Å². The van der Waals surface area contributed by atoms with Crippen LogP contribution in [0.5, 0.6) is 0 Å². The number of anilines is 1. The van der Waals surface area contributed by atoms with Crippen LogP contribution in [0.1, 0.15) is 35.9 Å². The fraction of sp³-hybridized carbons (Fsp3) is 0.450. The molecule has 0 unspecified atom stereocenters. The summed E-state index contributed by atoms with van der Waals surface area (Å²) in [6.07, 6.45) is 0.829. The van der Waals surface area contributed by atoms with Crippen LogP contribution in [0.15, 0.2) is 39.8 Å². The van der Waals surface area contributed by atoms with Gasteiger partial charge in [0.15, 0.2) is 11.6 Å². The predicted molar refractivity (Wildman–Crippen MR) is 109 cm³/mol. The van der Waals surface area contributed by atoms with E-state index >= 15 is 0 Å². The van der Waals surface area contributed by atoms with Crippen LogP contribution < -0.4 is 5.32 Å². The molecular weight excluding hydrogens is 410 g/mol. The van der Waals surface area contributed by atoms with E-state index in [4.69, 9.17) is 9.26 Å². The lowest BCUT2D eigenvalue weighted by atomic mass is 9.98. The van der Waals surface area contributed by atoms with Gasteiger partial charge in [-0.05, 0) is 38.8 Å². The first-order valence-corrected chi connectivity index (χ1v) is 11.2. The van der Waals surface area contributed by atoms with E-state index in [1.165, 1.54) is 16.4 Å². The number of hydrogen-bond acceptors (Lipinski definition) is 8. The first-order valence-electron chi connectivity index (χ1n) is 9.78. The van der Waals surface area contributed by atoms with Crippen molar-refractivity contribution in [3.8, 4) is 0 Å². The molecule has 2 heterocycles. The van der Waals surface area contributed by atoms with Crippen molar-refractivity contribution in [2.75, 3.05) is 31.6 Å². The van der Waals surface area contributed by atoms with Gasteiger partial charge in [0.2, 0.25) is 10.0 Å². The van der Waals surface area contributed by atoms with E-state index in [1.807, 2.05) is 0 Å². The lowest BCUT2D eigenvalue weighted by Crippen LogP contribution is -2.40. The normalized spacial score (nSPS) is 15.7. The van der Waals surface area contributed by atoms with Crippen LogP contribution in [0.25, 0.3) is 0 Å². The van der Waals surface area contributed by atoms with Gasteiger partial charge in [-0.25, -0.2) is 8.42 Å². The largest absolute Gasteiger partial charge is 0.466 e. The van der Waals surface area contributed by atoms with Gasteiger partial charge in [0.05, 0.1) is 24.0 Å². The molecule has 1 fully saturated rings. The minimum absolute atomic E-state index is 0.0413. The van der Waals surface area contributed by atoms with Crippen LogP contribution in [-0.4, -0.2) is 55.9 Å². The zero-order chi connectivity index (χ0) is 21.7. The summed E-state index contributed by atoms with van der Waals surface area (Å²) in [5, 5.41) is 6.61. The molecule has 3 rings (SSSR count). The van der Waals surface area contributed by atoms with E-state index in [1.54, 1.807) is 32.0 Å². The van der Waals surface area contributed by atoms with E-state index in [-0.39, 0.29) is 47.8 Å². The van der Waals surface area contributed by atoms with Gasteiger partial charge in [-0.2, -0.15) is 4.31 Å². The second-order valence-corrected chi connectivity index (χ2v) is 9.00. The summed E-state index contributed by atoms with van der Waals surface area (Å²) in [7, 11) is -3.76. The number of sulfonamides is 1. The Labute approximate surface area is 175 Å². The fourth-order valence-electron chi connectivity index (χ4n) is 3.29. The molecule has 1 aliphatic rings. The molecule has 0 aliphatic carbocycles. The number of nitrogens with one attached hydrogen (secondary N) is 1. The van der Waals surface area contributed by atoms with Gasteiger partial charge >= 0.3 is 5.97 Å². The Bertz CT molecular complexity index is 1010. The summed E-state index contributed by atoms with van der Waals surface area (Å²) >= 11 is 0. The maximum Gasteiger partial charge on any atom is 0.309 e. The Hall–Kier alpha value is -2.72. The Kier molecular flexibility index (Phi) is 6.88. The fourth-order valence-corrected chi connectivity index (χ4v) is 4.81. The number of nitrogens with zero attached hydrogens (tertiary/aromatic N) is 2. The molecule has 30 heavy (non-hydrogen) atoms. The van der Waals surface area contributed by atoms with Crippen LogP contribution >= 0.6 is 0 Å². The number of ketones is 1. The molecule has 1 N–H and O–H groups in total. The maximum absolute atomic E-state index is 13.0. The minimum atomic E-state index is -3.76. The summed E-state index contributed by atoms with van der Waals surface area (Å²) in [6, 6.07) is 7.63. The van der Waals surface area contributed by atoms with Gasteiger partial charge in [-0.15, -0.1) is 0 Å². The van der Waals surface area contributed by atoms with E-state index in [0.29, 0.717) is 31.0 Å². The smallest absolute Gasteiger partial charge is 0.309 e. The predicted octanol–water partition coefficient (Wildman–Crippen LogP) is 2.24. The number of benzene rings is 1. The Morgan fingerprint density at radius 3 is 2.63 bits per heavy atom. The molecule has 2 aromatic rings. The summed E-state index contributed by atoms with van der Waals surface area (Å²) in [5.41, 5.74) is 0.283. The van der Waals surface area contributed by atoms with Crippen LogP contribution in [0.2, 0.25) is 0 Å². The second-order valence-electron chi connectivity index (χ2n) is 7.06. The molecule has 9 nitrogen and oxygen atoms in total. The third-order valence-electron chi connectivity index (χ3n) is 4.93. The molecule has 0 atom stereocenters. The molecule has 10 heteroatoms. The van der Waals surface area contributed by atoms with Crippen molar-refractivity contribution >= 4 is 27.6 Å². The van der Waals surface area contributed by atoms with Crippen LogP contribution in [0.3, 0.4) is 0 Å². The molecule has 0 bridgehead atoms. The molecular formula is C20H25N3O6S. The van der Waals surface area contributed by atoms with Gasteiger partial charge in [0.1, 0.15) is 5.76 Å². The summed E-state index contributed by atoms with van der Waals surface area (Å²) in [4.78, 5) is 24.4. The monoisotopic (exact) mass is 435 g/mol.